The van der Waals surface area contributed by atoms with E-state index in [4.69, 9.17) is 21.1 Å². The summed E-state index contributed by atoms with van der Waals surface area (Å²) in [5.74, 6) is 1.83. The van der Waals surface area contributed by atoms with Gasteiger partial charge in [0.1, 0.15) is 12.4 Å². The van der Waals surface area contributed by atoms with Crippen molar-refractivity contribution in [2.45, 2.75) is 19.4 Å². The summed E-state index contributed by atoms with van der Waals surface area (Å²) >= 11 is 6.10. The average Bonchev–Trinajstić information content (AvgIpc) is 3.49. The Hall–Kier alpha value is -4.44. The van der Waals surface area contributed by atoms with E-state index in [-0.39, 0.29) is 12.2 Å². The number of para-hydroxylation sites is 1. The zero-order chi connectivity index (χ0) is 27.0. The fourth-order valence-corrected chi connectivity index (χ4v) is 4.27. The molecule has 0 amide bonds. The van der Waals surface area contributed by atoms with E-state index in [1.807, 2.05) is 30.3 Å². The minimum atomic E-state index is -0.426. The van der Waals surface area contributed by atoms with Crippen LogP contribution in [0, 0.1) is 5.82 Å². The summed E-state index contributed by atoms with van der Waals surface area (Å²) in [4.78, 5) is 15.8. The molecule has 200 valence electrons. The summed E-state index contributed by atoms with van der Waals surface area (Å²) in [6.07, 6.45) is 3.81. The van der Waals surface area contributed by atoms with E-state index in [2.05, 4.69) is 35.7 Å². The van der Waals surface area contributed by atoms with Gasteiger partial charge in [-0.15, -0.1) is 0 Å². The van der Waals surface area contributed by atoms with Crippen molar-refractivity contribution in [2.75, 3.05) is 35.8 Å². The van der Waals surface area contributed by atoms with Crippen molar-refractivity contribution in [2.24, 2.45) is 5.10 Å². The summed E-state index contributed by atoms with van der Waals surface area (Å²) in [6.45, 7) is 1.76. The van der Waals surface area contributed by atoms with Gasteiger partial charge in [0.15, 0.2) is 11.5 Å². The van der Waals surface area contributed by atoms with E-state index in [0.29, 0.717) is 34.4 Å². The van der Waals surface area contributed by atoms with Gasteiger partial charge < -0.3 is 19.7 Å². The lowest BCUT2D eigenvalue weighted by Gasteiger charge is -2.16. The van der Waals surface area contributed by atoms with Crippen molar-refractivity contribution in [1.29, 1.82) is 0 Å². The van der Waals surface area contributed by atoms with Crippen LogP contribution < -0.4 is 25.1 Å². The lowest BCUT2D eigenvalue weighted by molar-refractivity contribution is 0.280. The maximum absolute atomic E-state index is 14.1. The number of halogens is 2. The molecule has 11 heteroatoms. The fourth-order valence-electron chi connectivity index (χ4n) is 4.05. The van der Waals surface area contributed by atoms with Crippen LogP contribution in [-0.2, 0) is 6.61 Å². The highest BCUT2D eigenvalue weighted by Crippen LogP contribution is 2.30. The topological polar surface area (TPSA) is 96.8 Å². The molecule has 1 fully saturated rings. The third-order valence-corrected chi connectivity index (χ3v) is 6.40. The molecule has 0 aliphatic carbocycles. The number of hydrogen-bond acceptors (Lipinski definition) is 9. The van der Waals surface area contributed by atoms with E-state index in [9.17, 15) is 4.39 Å². The quantitative estimate of drug-likeness (QED) is 0.183. The van der Waals surface area contributed by atoms with Gasteiger partial charge in [-0.3, -0.25) is 0 Å². The molecule has 0 spiro atoms. The van der Waals surface area contributed by atoms with Gasteiger partial charge in [0.2, 0.25) is 17.8 Å². The Balaban J connectivity index is 1.29. The summed E-state index contributed by atoms with van der Waals surface area (Å²) in [6, 6.07) is 19.5. The van der Waals surface area contributed by atoms with E-state index < -0.39 is 5.82 Å². The third-order valence-electron chi connectivity index (χ3n) is 6.04. The standard InChI is InChI=1S/C28H27ClFN7O2/c1-38-25-16-19(12-13-24(25)39-18-21-22(29)10-7-11-23(21)30)17-31-36-27-33-26(32-20-8-3-2-4-9-20)34-28(35-27)37-14-5-6-15-37/h2-4,7-13,16-17H,5-6,14-15,18H2,1H3,(H2,32,33,34,35,36). The zero-order valence-electron chi connectivity index (χ0n) is 21.3. The number of rotatable bonds is 10. The van der Waals surface area contributed by atoms with Crippen LogP contribution >= 0.6 is 11.6 Å². The lowest BCUT2D eigenvalue weighted by Crippen LogP contribution is -2.21. The SMILES string of the molecule is COc1cc(C=NNc2nc(Nc3ccccc3)nc(N3CCCC3)n2)ccc1OCc1c(F)cccc1Cl. The zero-order valence-corrected chi connectivity index (χ0v) is 22.0. The Labute approximate surface area is 230 Å². The average molecular weight is 548 g/mol. The van der Waals surface area contributed by atoms with Crippen molar-refractivity contribution in [3.63, 3.8) is 0 Å². The number of nitrogens with zero attached hydrogens (tertiary/aromatic N) is 5. The molecule has 5 rings (SSSR count). The predicted molar refractivity (Wildman–Crippen MR) is 151 cm³/mol. The van der Waals surface area contributed by atoms with Crippen LogP contribution in [-0.4, -0.2) is 41.4 Å². The molecule has 0 bridgehead atoms. The van der Waals surface area contributed by atoms with Gasteiger partial charge >= 0.3 is 0 Å². The maximum Gasteiger partial charge on any atom is 0.250 e. The molecule has 4 aromatic rings. The van der Waals surface area contributed by atoms with Gasteiger partial charge in [0.05, 0.1) is 18.3 Å². The fraction of sp³-hybridized carbons (Fsp3) is 0.214. The first-order valence-corrected chi connectivity index (χ1v) is 12.8. The second-order valence-corrected chi connectivity index (χ2v) is 9.14. The third kappa shape index (κ3) is 6.71. The Kier molecular flexibility index (Phi) is 8.33. The first kappa shape index (κ1) is 26.2. The van der Waals surface area contributed by atoms with Crippen molar-refractivity contribution < 1.29 is 13.9 Å². The van der Waals surface area contributed by atoms with Gasteiger partial charge in [0, 0.05) is 24.3 Å². The number of ether oxygens (including phenoxy) is 2. The molecule has 2 heterocycles. The van der Waals surface area contributed by atoms with Crippen LogP contribution in [0.2, 0.25) is 5.02 Å². The van der Waals surface area contributed by atoms with Gasteiger partial charge in [-0.2, -0.15) is 20.1 Å². The molecule has 2 N–H and O–H groups in total. The van der Waals surface area contributed by atoms with Crippen LogP contribution in [0.25, 0.3) is 0 Å². The van der Waals surface area contributed by atoms with E-state index in [1.165, 1.54) is 13.2 Å². The predicted octanol–water partition coefficient (Wildman–Crippen LogP) is 6.04. The largest absolute Gasteiger partial charge is 0.493 e. The first-order chi connectivity index (χ1) is 19.1. The lowest BCUT2D eigenvalue weighted by atomic mass is 10.2. The Bertz CT molecular complexity index is 1430. The molecule has 39 heavy (non-hydrogen) atoms. The number of hydrogen-bond donors (Lipinski definition) is 2. The summed E-state index contributed by atoms with van der Waals surface area (Å²) in [5.41, 5.74) is 4.80. The van der Waals surface area contributed by atoms with Crippen LogP contribution in [0.5, 0.6) is 11.5 Å². The van der Waals surface area contributed by atoms with Crippen LogP contribution in [0.4, 0.5) is 27.9 Å². The number of anilines is 4. The first-order valence-electron chi connectivity index (χ1n) is 12.4. The second kappa shape index (κ2) is 12.4. The molecule has 1 aliphatic heterocycles. The number of nitrogens with one attached hydrogen (secondary N) is 2. The smallest absolute Gasteiger partial charge is 0.250 e. The highest BCUT2D eigenvalue weighted by atomic mass is 35.5. The Morgan fingerprint density at radius 2 is 1.77 bits per heavy atom. The molecular formula is C28H27ClFN7O2. The van der Waals surface area contributed by atoms with Crippen LogP contribution in [0.15, 0.2) is 71.8 Å². The number of hydrazone groups is 1. The van der Waals surface area contributed by atoms with Crippen LogP contribution in [0.3, 0.4) is 0 Å². The molecule has 0 unspecified atom stereocenters. The monoisotopic (exact) mass is 547 g/mol. The second-order valence-electron chi connectivity index (χ2n) is 8.74. The van der Waals surface area contributed by atoms with Gasteiger partial charge in [-0.05, 0) is 60.9 Å². The number of benzene rings is 3. The summed E-state index contributed by atoms with van der Waals surface area (Å²) in [5, 5.41) is 7.84. The molecule has 9 nitrogen and oxygen atoms in total. The minimum Gasteiger partial charge on any atom is -0.493 e. The van der Waals surface area contributed by atoms with E-state index in [0.717, 1.165) is 37.2 Å². The van der Waals surface area contributed by atoms with E-state index in [1.54, 1.807) is 36.5 Å². The molecule has 0 atom stereocenters. The van der Waals surface area contributed by atoms with Crippen molar-refractivity contribution in [3.05, 3.63) is 88.7 Å². The van der Waals surface area contributed by atoms with Crippen molar-refractivity contribution >= 4 is 41.3 Å². The Morgan fingerprint density at radius 3 is 2.54 bits per heavy atom. The summed E-state index contributed by atoms with van der Waals surface area (Å²) < 4.78 is 25.3. The molecule has 1 aliphatic rings. The molecule has 3 aromatic carbocycles. The molecule has 1 aromatic heterocycles. The van der Waals surface area contributed by atoms with E-state index >= 15 is 0 Å². The number of aromatic nitrogens is 3. The van der Waals surface area contributed by atoms with Crippen molar-refractivity contribution in [1.82, 2.24) is 15.0 Å². The maximum atomic E-state index is 14.1. The molecule has 0 saturated carbocycles. The molecule has 1 saturated heterocycles. The minimum absolute atomic E-state index is 0.0328. The van der Waals surface area contributed by atoms with Gasteiger partial charge in [-0.1, -0.05) is 35.9 Å². The number of methoxy groups -OCH3 is 1. The summed E-state index contributed by atoms with van der Waals surface area (Å²) in [7, 11) is 1.53. The van der Waals surface area contributed by atoms with Crippen molar-refractivity contribution in [3.8, 4) is 11.5 Å². The van der Waals surface area contributed by atoms with Gasteiger partial charge in [0.25, 0.3) is 0 Å². The van der Waals surface area contributed by atoms with Crippen LogP contribution in [0.1, 0.15) is 24.0 Å². The highest BCUT2D eigenvalue weighted by molar-refractivity contribution is 6.31. The Morgan fingerprint density at radius 1 is 0.974 bits per heavy atom. The molecular weight excluding hydrogens is 521 g/mol. The van der Waals surface area contributed by atoms with Gasteiger partial charge in [-0.25, -0.2) is 9.82 Å². The molecule has 0 radical (unpaired) electrons. The highest BCUT2D eigenvalue weighted by Gasteiger charge is 2.17. The normalized spacial score (nSPS) is 13.1.